The Hall–Kier alpha value is -1.84. The summed E-state index contributed by atoms with van der Waals surface area (Å²) < 4.78 is 1.86. The lowest BCUT2D eigenvalue weighted by Gasteiger charge is -1.97. The van der Waals surface area contributed by atoms with Crippen LogP contribution in [0.3, 0.4) is 0 Å². The Balaban J connectivity index is 2.39. The SMILES string of the molecule is CCn1cc(-c2cccc(N)n2)cn1. The molecule has 0 saturated heterocycles. The summed E-state index contributed by atoms with van der Waals surface area (Å²) >= 11 is 0. The van der Waals surface area contributed by atoms with Crippen molar-refractivity contribution < 1.29 is 0 Å². The lowest BCUT2D eigenvalue weighted by atomic mass is 10.2. The lowest BCUT2D eigenvalue weighted by Crippen LogP contribution is -1.92. The molecule has 0 unspecified atom stereocenters. The van der Waals surface area contributed by atoms with E-state index in [1.165, 1.54) is 0 Å². The van der Waals surface area contributed by atoms with Crippen LogP contribution in [0.2, 0.25) is 0 Å². The van der Waals surface area contributed by atoms with Crippen LogP contribution in [0.1, 0.15) is 6.92 Å². The van der Waals surface area contributed by atoms with Crippen molar-refractivity contribution in [2.75, 3.05) is 5.73 Å². The van der Waals surface area contributed by atoms with E-state index < -0.39 is 0 Å². The van der Waals surface area contributed by atoms with Gasteiger partial charge in [-0.2, -0.15) is 5.10 Å². The molecular weight excluding hydrogens is 176 g/mol. The summed E-state index contributed by atoms with van der Waals surface area (Å²) in [5.74, 6) is 0.534. The molecule has 0 amide bonds. The third-order valence-corrected chi connectivity index (χ3v) is 2.02. The standard InChI is InChI=1S/C10H12N4/c1-2-14-7-8(6-12-14)9-4-3-5-10(11)13-9/h3-7H,2H2,1H3,(H2,11,13). The summed E-state index contributed by atoms with van der Waals surface area (Å²) in [7, 11) is 0. The van der Waals surface area contributed by atoms with Crippen LogP contribution in [-0.2, 0) is 6.54 Å². The minimum absolute atomic E-state index is 0.534. The number of rotatable bonds is 2. The van der Waals surface area contributed by atoms with E-state index in [1.807, 2.05) is 29.9 Å². The summed E-state index contributed by atoms with van der Waals surface area (Å²) in [6.45, 7) is 2.91. The maximum atomic E-state index is 5.60. The van der Waals surface area contributed by atoms with Gasteiger partial charge in [0.2, 0.25) is 0 Å². The Kier molecular flexibility index (Phi) is 2.18. The minimum atomic E-state index is 0.534. The van der Waals surface area contributed by atoms with Crippen LogP contribution in [-0.4, -0.2) is 14.8 Å². The number of pyridine rings is 1. The number of nitrogen functional groups attached to an aromatic ring is 1. The molecule has 0 atom stereocenters. The average molecular weight is 188 g/mol. The van der Waals surface area contributed by atoms with E-state index in [0.29, 0.717) is 5.82 Å². The van der Waals surface area contributed by atoms with E-state index in [-0.39, 0.29) is 0 Å². The van der Waals surface area contributed by atoms with Gasteiger partial charge in [-0.25, -0.2) is 4.98 Å². The molecule has 0 bridgehead atoms. The molecule has 72 valence electrons. The van der Waals surface area contributed by atoms with Crippen molar-refractivity contribution >= 4 is 5.82 Å². The second-order valence-corrected chi connectivity index (χ2v) is 3.03. The fourth-order valence-corrected chi connectivity index (χ4v) is 1.28. The maximum absolute atomic E-state index is 5.60. The Bertz CT molecular complexity index is 433. The molecule has 0 aliphatic carbocycles. The van der Waals surface area contributed by atoms with Crippen molar-refractivity contribution in [1.82, 2.24) is 14.8 Å². The summed E-state index contributed by atoms with van der Waals surface area (Å²) in [6, 6.07) is 5.59. The van der Waals surface area contributed by atoms with E-state index >= 15 is 0 Å². The zero-order chi connectivity index (χ0) is 9.97. The predicted molar refractivity (Wildman–Crippen MR) is 55.5 cm³/mol. The molecule has 0 aliphatic heterocycles. The van der Waals surface area contributed by atoms with Gasteiger partial charge < -0.3 is 5.73 Å². The van der Waals surface area contributed by atoms with Crippen molar-refractivity contribution in [3.63, 3.8) is 0 Å². The molecule has 0 spiro atoms. The highest BCUT2D eigenvalue weighted by Crippen LogP contribution is 2.16. The van der Waals surface area contributed by atoms with Crippen molar-refractivity contribution in [2.24, 2.45) is 0 Å². The topological polar surface area (TPSA) is 56.7 Å². The number of nitrogens with two attached hydrogens (primary N) is 1. The number of hydrogen-bond acceptors (Lipinski definition) is 3. The van der Waals surface area contributed by atoms with Crippen LogP contribution < -0.4 is 5.73 Å². The zero-order valence-electron chi connectivity index (χ0n) is 8.01. The first-order valence-corrected chi connectivity index (χ1v) is 4.55. The molecule has 14 heavy (non-hydrogen) atoms. The van der Waals surface area contributed by atoms with Gasteiger partial charge in [0.1, 0.15) is 5.82 Å². The highest BCUT2D eigenvalue weighted by molar-refractivity contribution is 5.58. The number of aromatic nitrogens is 3. The van der Waals surface area contributed by atoms with E-state index in [1.54, 1.807) is 12.3 Å². The van der Waals surface area contributed by atoms with Crippen LogP contribution in [0.15, 0.2) is 30.6 Å². The van der Waals surface area contributed by atoms with Gasteiger partial charge >= 0.3 is 0 Å². The second-order valence-electron chi connectivity index (χ2n) is 3.03. The van der Waals surface area contributed by atoms with Gasteiger partial charge in [0.25, 0.3) is 0 Å². The molecule has 2 N–H and O–H groups in total. The van der Waals surface area contributed by atoms with Crippen LogP contribution in [0.4, 0.5) is 5.82 Å². The molecule has 4 nitrogen and oxygen atoms in total. The first-order valence-electron chi connectivity index (χ1n) is 4.55. The minimum Gasteiger partial charge on any atom is -0.384 e. The normalized spacial score (nSPS) is 10.4. The molecule has 0 saturated carbocycles. The Morgan fingerprint density at radius 1 is 1.43 bits per heavy atom. The van der Waals surface area contributed by atoms with Crippen molar-refractivity contribution in [2.45, 2.75) is 13.5 Å². The lowest BCUT2D eigenvalue weighted by molar-refractivity contribution is 0.660. The number of hydrogen-bond donors (Lipinski definition) is 1. The molecule has 0 fully saturated rings. The van der Waals surface area contributed by atoms with E-state index in [2.05, 4.69) is 10.1 Å². The molecule has 4 heteroatoms. The Morgan fingerprint density at radius 3 is 2.93 bits per heavy atom. The first-order chi connectivity index (χ1) is 6.79. The van der Waals surface area contributed by atoms with Crippen LogP contribution in [0, 0.1) is 0 Å². The van der Waals surface area contributed by atoms with Crippen molar-refractivity contribution in [3.05, 3.63) is 30.6 Å². The van der Waals surface area contributed by atoms with Crippen molar-refractivity contribution in [3.8, 4) is 11.3 Å². The van der Waals surface area contributed by atoms with Gasteiger partial charge in [0.15, 0.2) is 0 Å². The average Bonchev–Trinajstić information content (AvgIpc) is 2.66. The molecule has 2 aromatic rings. The van der Waals surface area contributed by atoms with E-state index in [0.717, 1.165) is 17.8 Å². The van der Waals surface area contributed by atoms with Crippen LogP contribution >= 0.6 is 0 Å². The number of anilines is 1. The van der Waals surface area contributed by atoms with Gasteiger partial charge in [0, 0.05) is 18.3 Å². The predicted octanol–water partition coefficient (Wildman–Crippen LogP) is 1.55. The third-order valence-electron chi connectivity index (χ3n) is 2.02. The van der Waals surface area contributed by atoms with Gasteiger partial charge in [0.05, 0.1) is 11.9 Å². The van der Waals surface area contributed by atoms with Crippen LogP contribution in [0.25, 0.3) is 11.3 Å². The highest BCUT2D eigenvalue weighted by atomic mass is 15.3. The monoisotopic (exact) mass is 188 g/mol. The number of nitrogens with zero attached hydrogens (tertiary/aromatic N) is 3. The molecule has 0 aliphatic rings. The van der Waals surface area contributed by atoms with Gasteiger partial charge in [-0.05, 0) is 19.1 Å². The molecular formula is C10H12N4. The van der Waals surface area contributed by atoms with Gasteiger partial charge in [-0.1, -0.05) is 6.07 Å². The molecule has 2 heterocycles. The fourth-order valence-electron chi connectivity index (χ4n) is 1.28. The molecule has 2 rings (SSSR count). The fraction of sp³-hybridized carbons (Fsp3) is 0.200. The zero-order valence-corrected chi connectivity index (χ0v) is 8.01. The largest absolute Gasteiger partial charge is 0.384 e. The van der Waals surface area contributed by atoms with Gasteiger partial charge in [-0.15, -0.1) is 0 Å². The van der Waals surface area contributed by atoms with Crippen molar-refractivity contribution in [1.29, 1.82) is 0 Å². The smallest absolute Gasteiger partial charge is 0.124 e. The molecule has 0 radical (unpaired) electrons. The van der Waals surface area contributed by atoms with E-state index in [4.69, 9.17) is 5.73 Å². The Labute approximate surface area is 82.4 Å². The summed E-state index contributed by atoms with van der Waals surface area (Å²) in [5, 5.41) is 4.18. The summed E-state index contributed by atoms with van der Waals surface area (Å²) in [5.41, 5.74) is 7.46. The number of aryl methyl sites for hydroxylation is 1. The summed E-state index contributed by atoms with van der Waals surface area (Å²) in [6.07, 6.45) is 3.76. The third kappa shape index (κ3) is 1.59. The van der Waals surface area contributed by atoms with Crippen LogP contribution in [0.5, 0.6) is 0 Å². The Morgan fingerprint density at radius 2 is 2.29 bits per heavy atom. The summed E-state index contributed by atoms with van der Waals surface area (Å²) in [4.78, 5) is 4.22. The second kappa shape index (κ2) is 3.49. The first kappa shape index (κ1) is 8.74. The van der Waals surface area contributed by atoms with E-state index in [9.17, 15) is 0 Å². The quantitative estimate of drug-likeness (QED) is 0.777. The van der Waals surface area contributed by atoms with Gasteiger partial charge in [-0.3, -0.25) is 4.68 Å². The molecule has 2 aromatic heterocycles. The highest BCUT2D eigenvalue weighted by Gasteiger charge is 2.01. The maximum Gasteiger partial charge on any atom is 0.124 e. The molecule has 0 aromatic carbocycles.